The first-order chi connectivity index (χ1) is 8.65. The van der Waals surface area contributed by atoms with Crippen molar-refractivity contribution in [1.29, 1.82) is 0 Å². The molecule has 0 aliphatic heterocycles. The third-order valence-electron chi connectivity index (χ3n) is 2.56. The molecule has 18 heavy (non-hydrogen) atoms. The van der Waals surface area contributed by atoms with Crippen molar-refractivity contribution in [3.63, 3.8) is 0 Å². The number of nitrogens with one attached hydrogen (secondary N) is 1. The van der Waals surface area contributed by atoms with Crippen LogP contribution >= 0.6 is 0 Å². The molecule has 0 amide bonds. The Morgan fingerprint density at radius 1 is 1.17 bits per heavy atom. The quantitative estimate of drug-likeness (QED) is 0.764. The second-order valence-electron chi connectivity index (χ2n) is 3.69. The maximum atomic E-state index is 13.8. The van der Waals surface area contributed by atoms with Gasteiger partial charge in [-0.3, -0.25) is 0 Å². The molecule has 0 saturated heterocycles. The van der Waals surface area contributed by atoms with Gasteiger partial charge in [0.2, 0.25) is 0 Å². The van der Waals surface area contributed by atoms with E-state index in [1.165, 1.54) is 12.1 Å². The summed E-state index contributed by atoms with van der Waals surface area (Å²) >= 11 is 0. The molecule has 1 N–H and O–H groups in total. The van der Waals surface area contributed by atoms with Crippen molar-refractivity contribution < 1.29 is 18.3 Å². The summed E-state index contributed by atoms with van der Waals surface area (Å²) in [7, 11) is 1.65. The third-order valence-corrected chi connectivity index (χ3v) is 2.56. The number of hydrogen-bond donors (Lipinski definition) is 1. The molecule has 0 saturated carbocycles. The number of benzene rings is 1. The van der Waals surface area contributed by atoms with Crippen LogP contribution in [0.1, 0.15) is 25.5 Å². The van der Waals surface area contributed by atoms with E-state index in [9.17, 15) is 8.78 Å². The Morgan fingerprint density at radius 3 is 2.28 bits per heavy atom. The molecule has 1 rings (SSSR count). The minimum absolute atomic E-state index is 0.199. The first kappa shape index (κ1) is 15.0. The van der Waals surface area contributed by atoms with Crippen LogP contribution in [-0.4, -0.2) is 26.6 Å². The van der Waals surface area contributed by atoms with Crippen LogP contribution in [-0.2, 0) is 9.47 Å². The van der Waals surface area contributed by atoms with Crippen molar-refractivity contribution in [3.05, 3.63) is 35.4 Å². The average Bonchev–Trinajstić information content (AvgIpc) is 2.36. The van der Waals surface area contributed by atoms with Gasteiger partial charge in [0.1, 0.15) is 0 Å². The van der Waals surface area contributed by atoms with E-state index < -0.39 is 24.0 Å². The van der Waals surface area contributed by atoms with Crippen LogP contribution in [0.25, 0.3) is 0 Å². The van der Waals surface area contributed by atoms with Crippen molar-refractivity contribution in [2.24, 2.45) is 0 Å². The Morgan fingerprint density at radius 2 is 1.78 bits per heavy atom. The van der Waals surface area contributed by atoms with Crippen molar-refractivity contribution >= 4 is 0 Å². The van der Waals surface area contributed by atoms with Gasteiger partial charge in [0, 0.05) is 18.8 Å². The Balaban J connectivity index is 3.02. The van der Waals surface area contributed by atoms with E-state index in [1.54, 1.807) is 7.05 Å². The molecular formula is C13H19F2NO2. The molecule has 102 valence electrons. The van der Waals surface area contributed by atoms with E-state index in [-0.39, 0.29) is 5.56 Å². The molecular weight excluding hydrogens is 240 g/mol. The number of hydrogen-bond acceptors (Lipinski definition) is 3. The fraction of sp³-hybridized carbons (Fsp3) is 0.538. The zero-order chi connectivity index (χ0) is 13.5. The average molecular weight is 259 g/mol. The van der Waals surface area contributed by atoms with E-state index in [2.05, 4.69) is 5.32 Å². The normalized spacial score (nSPS) is 13.0. The second-order valence-corrected chi connectivity index (χ2v) is 3.69. The fourth-order valence-electron chi connectivity index (χ4n) is 1.77. The summed E-state index contributed by atoms with van der Waals surface area (Å²) in [6.45, 7) is 4.50. The summed E-state index contributed by atoms with van der Waals surface area (Å²) in [5.41, 5.74) is 0.199. The molecule has 0 radical (unpaired) electrons. The molecule has 0 fully saturated rings. The van der Waals surface area contributed by atoms with E-state index in [0.717, 1.165) is 6.07 Å². The van der Waals surface area contributed by atoms with Gasteiger partial charge in [-0.05, 0) is 27.0 Å². The molecule has 1 unspecified atom stereocenters. The van der Waals surface area contributed by atoms with Crippen molar-refractivity contribution in [1.82, 2.24) is 5.32 Å². The van der Waals surface area contributed by atoms with Gasteiger partial charge in [-0.1, -0.05) is 12.1 Å². The van der Waals surface area contributed by atoms with Gasteiger partial charge in [-0.25, -0.2) is 8.78 Å². The summed E-state index contributed by atoms with van der Waals surface area (Å²) in [4.78, 5) is 0. The number of ether oxygens (including phenoxy) is 2. The molecule has 0 aromatic heterocycles. The molecule has 1 atom stereocenters. The largest absolute Gasteiger partial charge is 0.351 e. The van der Waals surface area contributed by atoms with Gasteiger partial charge in [-0.2, -0.15) is 0 Å². The summed E-state index contributed by atoms with van der Waals surface area (Å²) < 4.78 is 37.8. The summed E-state index contributed by atoms with van der Waals surface area (Å²) in [6, 6.07) is 3.51. The van der Waals surface area contributed by atoms with Gasteiger partial charge in [0.05, 0.1) is 6.04 Å². The van der Waals surface area contributed by atoms with Crippen LogP contribution in [0, 0.1) is 11.6 Å². The topological polar surface area (TPSA) is 30.5 Å². The maximum absolute atomic E-state index is 13.8. The minimum Gasteiger partial charge on any atom is -0.351 e. The van der Waals surface area contributed by atoms with Gasteiger partial charge < -0.3 is 14.8 Å². The van der Waals surface area contributed by atoms with Crippen molar-refractivity contribution in [3.8, 4) is 0 Å². The standard InChI is InChI=1S/C13H19F2NO2/c1-4-17-13(18-5-2)12(16-3)9-7-6-8-10(14)11(9)15/h6-8,12-13,16H,4-5H2,1-3H3. The lowest BCUT2D eigenvalue weighted by atomic mass is 10.1. The smallest absolute Gasteiger partial charge is 0.176 e. The lowest BCUT2D eigenvalue weighted by molar-refractivity contribution is -0.154. The van der Waals surface area contributed by atoms with Crippen molar-refractivity contribution in [2.45, 2.75) is 26.2 Å². The zero-order valence-electron chi connectivity index (χ0n) is 10.9. The van der Waals surface area contributed by atoms with Crippen LogP contribution < -0.4 is 5.32 Å². The summed E-state index contributed by atoms with van der Waals surface area (Å²) in [5.74, 6) is -1.75. The molecule has 0 bridgehead atoms. The molecule has 5 heteroatoms. The Labute approximate surface area is 106 Å². The monoisotopic (exact) mass is 259 g/mol. The molecule has 1 aromatic rings. The minimum atomic E-state index is -0.875. The summed E-state index contributed by atoms with van der Waals surface area (Å²) in [5, 5.41) is 2.90. The van der Waals surface area contributed by atoms with Gasteiger partial charge in [0.25, 0.3) is 0 Å². The predicted molar refractivity (Wildman–Crippen MR) is 65.2 cm³/mol. The highest BCUT2D eigenvalue weighted by atomic mass is 19.2. The van der Waals surface area contributed by atoms with E-state index in [4.69, 9.17) is 9.47 Å². The SMILES string of the molecule is CCOC(OCC)C(NC)c1cccc(F)c1F. The molecule has 0 spiro atoms. The highest BCUT2D eigenvalue weighted by molar-refractivity contribution is 5.23. The Kier molecular flexibility index (Phi) is 6.18. The Bertz CT molecular complexity index is 368. The van der Waals surface area contributed by atoms with Crippen LogP contribution in [0.4, 0.5) is 8.78 Å². The number of likely N-dealkylation sites (N-methyl/N-ethyl adjacent to an activating group) is 1. The second kappa shape index (κ2) is 7.41. The first-order valence-corrected chi connectivity index (χ1v) is 6.00. The third kappa shape index (κ3) is 3.48. The van der Waals surface area contributed by atoms with E-state index in [1.807, 2.05) is 13.8 Å². The van der Waals surface area contributed by atoms with Crippen LogP contribution in [0.5, 0.6) is 0 Å². The van der Waals surface area contributed by atoms with Crippen molar-refractivity contribution in [2.75, 3.05) is 20.3 Å². The highest BCUT2D eigenvalue weighted by Crippen LogP contribution is 2.24. The lowest BCUT2D eigenvalue weighted by Crippen LogP contribution is -2.34. The molecule has 0 aliphatic carbocycles. The van der Waals surface area contributed by atoms with Crippen LogP contribution in [0.3, 0.4) is 0 Å². The molecule has 0 heterocycles. The number of halogens is 2. The first-order valence-electron chi connectivity index (χ1n) is 6.00. The van der Waals surface area contributed by atoms with E-state index in [0.29, 0.717) is 13.2 Å². The van der Waals surface area contributed by atoms with Gasteiger partial charge >= 0.3 is 0 Å². The highest BCUT2D eigenvalue weighted by Gasteiger charge is 2.26. The summed E-state index contributed by atoms with van der Waals surface area (Å²) in [6.07, 6.45) is -0.652. The van der Waals surface area contributed by atoms with Crippen LogP contribution in [0.15, 0.2) is 18.2 Å². The van der Waals surface area contributed by atoms with E-state index >= 15 is 0 Å². The lowest BCUT2D eigenvalue weighted by Gasteiger charge is -2.27. The maximum Gasteiger partial charge on any atom is 0.176 e. The molecule has 0 aliphatic rings. The van der Waals surface area contributed by atoms with Gasteiger partial charge in [0.15, 0.2) is 17.9 Å². The van der Waals surface area contributed by atoms with Crippen LogP contribution in [0.2, 0.25) is 0 Å². The zero-order valence-corrected chi connectivity index (χ0v) is 10.9. The van der Waals surface area contributed by atoms with Gasteiger partial charge in [-0.15, -0.1) is 0 Å². The fourth-order valence-corrected chi connectivity index (χ4v) is 1.77. The molecule has 3 nitrogen and oxygen atoms in total. The Hall–Kier alpha value is -1.04. The predicted octanol–water partition coefficient (Wildman–Crippen LogP) is 2.62. The molecule has 1 aromatic carbocycles. The number of rotatable bonds is 7.